The van der Waals surface area contributed by atoms with Crippen LogP contribution in [-0.2, 0) is 14.3 Å². The summed E-state index contributed by atoms with van der Waals surface area (Å²) in [7, 11) is 0. The maximum absolute atomic E-state index is 12.7. The largest absolute Gasteiger partial charge is 0.457 e. The lowest BCUT2D eigenvalue weighted by molar-refractivity contribution is -0.158. The highest BCUT2D eigenvalue weighted by atomic mass is 32.1. The average Bonchev–Trinajstić information content (AvgIpc) is 3.17. The van der Waals surface area contributed by atoms with Gasteiger partial charge in [-0.05, 0) is 58.4 Å². The lowest BCUT2D eigenvalue weighted by atomic mass is 10.1. The van der Waals surface area contributed by atoms with E-state index in [2.05, 4.69) is 4.98 Å². The van der Waals surface area contributed by atoms with Gasteiger partial charge in [-0.2, -0.15) is 0 Å². The maximum Gasteiger partial charge on any atom is 0.351 e. The number of carbonyl (C=O) groups is 2. The lowest BCUT2D eigenvalue weighted by Crippen LogP contribution is -2.27. The van der Waals surface area contributed by atoms with Crippen molar-refractivity contribution < 1.29 is 19.1 Å². The van der Waals surface area contributed by atoms with E-state index in [1.807, 2.05) is 49.0 Å². The second kappa shape index (κ2) is 7.15. The van der Waals surface area contributed by atoms with Crippen LogP contribution in [0.4, 0.5) is 0 Å². The number of thiophene rings is 1. The van der Waals surface area contributed by atoms with E-state index < -0.39 is 24.1 Å². The molecule has 0 spiro atoms. The van der Waals surface area contributed by atoms with Crippen LogP contribution in [0.1, 0.15) is 41.7 Å². The summed E-state index contributed by atoms with van der Waals surface area (Å²) in [5.41, 5.74) is 2.01. The number of pyridine rings is 1. The van der Waals surface area contributed by atoms with Gasteiger partial charge in [0, 0.05) is 23.5 Å². The Bertz CT molecular complexity index is 997. The number of fused-ring (bicyclic) bond motifs is 1. The van der Waals surface area contributed by atoms with E-state index in [0.717, 1.165) is 27.2 Å². The third kappa shape index (κ3) is 4.19. The third-order valence-electron chi connectivity index (χ3n) is 3.75. The average molecular weight is 386 g/mol. The highest BCUT2D eigenvalue weighted by Crippen LogP contribution is 2.36. The molecule has 3 rings (SSSR count). The van der Waals surface area contributed by atoms with Gasteiger partial charge in [0.1, 0.15) is 15.3 Å². The molecule has 0 fully saturated rings. The summed E-state index contributed by atoms with van der Waals surface area (Å²) in [6.07, 6.45) is 3.73. The summed E-state index contributed by atoms with van der Waals surface area (Å²) in [4.78, 5) is 30.3. The molecule has 6 nitrogen and oxygen atoms in total. The number of aromatic nitrogens is 2. The van der Waals surface area contributed by atoms with Crippen molar-refractivity contribution in [2.75, 3.05) is 6.61 Å². The minimum atomic E-state index is -0.629. The molecule has 3 aromatic rings. The van der Waals surface area contributed by atoms with Gasteiger partial charge in [-0.15, -0.1) is 11.3 Å². The first-order valence-corrected chi connectivity index (χ1v) is 9.40. The quantitative estimate of drug-likeness (QED) is 0.629. The molecule has 0 unspecified atom stereocenters. The number of hydrogen-bond acceptors (Lipinski definition) is 6. The van der Waals surface area contributed by atoms with Crippen molar-refractivity contribution in [2.45, 2.75) is 40.2 Å². The molecule has 7 heteroatoms. The van der Waals surface area contributed by atoms with Crippen LogP contribution in [0.15, 0.2) is 30.6 Å². The summed E-state index contributed by atoms with van der Waals surface area (Å²) in [6, 6.07) is 5.75. The third-order valence-corrected chi connectivity index (χ3v) is 4.80. The van der Waals surface area contributed by atoms with Crippen molar-refractivity contribution in [2.24, 2.45) is 0 Å². The zero-order valence-electron chi connectivity index (χ0n) is 16.0. The smallest absolute Gasteiger partial charge is 0.351 e. The predicted molar refractivity (Wildman–Crippen MR) is 105 cm³/mol. The SMILES string of the molecule is Cc1cc(C)c2c(-n3cccc3)c(C(=O)OCC(=O)OC(C)(C)C)sc2n1. The Morgan fingerprint density at radius 2 is 1.85 bits per heavy atom. The Balaban J connectivity index is 1.96. The highest BCUT2D eigenvalue weighted by Gasteiger charge is 2.25. The monoisotopic (exact) mass is 386 g/mol. The Morgan fingerprint density at radius 3 is 2.48 bits per heavy atom. The number of hydrogen-bond donors (Lipinski definition) is 0. The first-order valence-electron chi connectivity index (χ1n) is 8.59. The van der Waals surface area contributed by atoms with Gasteiger partial charge in [0.2, 0.25) is 0 Å². The number of rotatable bonds is 4. The molecule has 0 N–H and O–H groups in total. The number of carbonyl (C=O) groups excluding carboxylic acids is 2. The molecule has 3 aromatic heterocycles. The molecule has 27 heavy (non-hydrogen) atoms. The molecule has 0 radical (unpaired) electrons. The van der Waals surface area contributed by atoms with Crippen LogP contribution in [0, 0.1) is 13.8 Å². The Labute approximate surface area is 161 Å². The van der Waals surface area contributed by atoms with Crippen LogP contribution in [0.25, 0.3) is 15.9 Å². The number of ether oxygens (including phenoxy) is 2. The number of aryl methyl sites for hydroxylation is 2. The van der Waals surface area contributed by atoms with Crippen LogP contribution in [0.5, 0.6) is 0 Å². The van der Waals surface area contributed by atoms with E-state index in [4.69, 9.17) is 9.47 Å². The van der Waals surface area contributed by atoms with Gasteiger partial charge in [-0.3, -0.25) is 0 Å². The van der Waals surface area contributed by atoms with E-state index in [1.54, 1.807) is 20.8 Å². The normalized spacial score (nSPS) is 11.6. The molecule has 0 aliphatic carbocycles. The van der Waals surface area contributed by atoms with Gasteiger partial charge in [0.15, 0.2) is 6.61 Å². The molecular weight excluding hydrogens is 364 g/mol. The van der Waals surface area contributed by atoms with Gasteiger partial charge in [-0.1, -0.05) is 0 Å². The molecule has 0 bridgehead atoms. The van der Waals surface area contributed by atoms with Crippen LogP contribution in [-0.4, -0.2) is 33.7 Å². The fourth-order valence-electron chi connectivity index (χ4n) is 2.85. The van der Waals surface area contributed by atoms with E-state index >= 15 is 0 Å². The second-order valence-electron chi connectivity index (χ2n) is 7.29. The summed E-state index contributed by atoms with van der Waals surface area (Å²) >= 11 is 1.26. The standard InChI is InChI=1S/C20H22N2O4S/c1-12-10-13(2)21-18-15(12)16(22-8-6-7-9-22)17(27-18)19(24)25-11-14(23)26-20(3,4)5/h6-10H,11H2,1-5H3. The van der Waals surface area contributed by atoms with Gasteiger partial charge in [0.25, 0.3) is 0 Å². The lowest BCUT2D eigenvalue weighted by Gasteiger charge is -2.19. The molecule has 0 saturated heterocycles. The molecule has 0 atom stereocenters. The fraction of sp³-hybridized carbons (Fsp3) is 0.350. The van der Waals surface area contributed by atoms with E-state index in [9.17, 15) is 9.59 Å². The molecule has 3 heterocycles. The summed E-state index contributed by atoms with van der Waals surface area (Å²) < 4.78 is 12.3. The van der Waals surface area contributed by atoms with Crippen molar-refractivity contribution in [3.63, 3.8) is 0 Å². The van der Waals surface area contributed by atoms with Crippen molar-refractivity contribution in [1.82, 2.24) is 9.55 Å². The molecule has 0 aliphatic rings. The zero-order chi connectivity index (χ0) is 19.8. The van der Waals surface area contributed by atoms with Crippen molar-refractivity contribution in [3.8, 4) is 5.69 Å². The first-order chi connectivity index (χ1) is 12.7. The van der Waals surface area contributed by atoms with Gasteiger partial charge >= 0.3 is 11.9 Å². The van der Waals surface area contributed by atoms with Crippen molar-refractivity contribution in [3.05, 3.63) is 46.7 Å². The van der Waals surface area contributed by atoms with E-state index in [0.29, 0.717) is 4.88 Å². The molecule has 0 aromatic carbocycles. The Morgan fingerprint density at radius 1 is 1.19 bits per heavy atom. The first kappa shape index (κ1) is 19.1. The van der Waals surface area contributed by atoms with Crippen LogP contribution >= 0.6 is 11.3 Å². The topological polar surface area (TPSA) is 70.4 Å². The molecule has 0 amide bonds. The zero-order valence-corrected chi connectivity index (χ0v) is 16.8. The van der Waals surface area contributed by atoms with Crippen LogP contribution < -0.4 is 0 Å². The summed E-state index contributed by atoms with van der Waals surface area (Å²) in [6.45, 7) is 8.77. The second-order valence-corrected chi connectivity index (χ2v) is 8.29. The predicted octanol–water partition coefficient (Wildman–Crippen LogP) is 4.20. The minimum absolute atomic E-state index is 0.408. The van der Waals surface area contributed by atoms with E-state index in [1.165, 1.54) is 11.3 Å². The number of nitrogens with zero attached hydrogens (tertiary/aromatic N) is 2. The van der Waals surface area contributed by atoms with Crippen LogP contribution in [0.3, 0.4) is 0 Å². The summed E-state index contributed by atoms with van der Waals surface area (Å²) in [5, 5.41) is 0.908. The highest BCUT2D eigenvalue weighted by molar-refractivity contribution is 7.21. The van der Waals surface area contributed by atoms with Gasteiger partial charge in [-0.25, -0.2) is 14.6 Å². The number of esters is 2. The van der Waals surface area contributed by atoms with E-state index in [-0.39, 0.29) is 0 Å². The molecule has 0 aliphatic heterocycles. The molecular formula is C20H22N2O4S. The van der Waals surface area contributed by atoms with Crippen molar-refractivity contribution in [1.29, 1.82) is 0 Å². The molecule has 0 saturated carbocycles. The van der Waals surface area contributed by atoms with Crippen molar-refractivity contribution >= 4 is 33.5 Å². The summed E-state index contributed by atoms with van der Waals surface area (Å²) in [5.74, 6) is -1.14. The fourth-order valence-corrected chi connectivity index (χ4v) is 4.04. The Kier molecular flexibility index (Phi) is 5.06. The van der Waals surface area contributed by atoms with Gasteiger partial charge < -0.3 is 14.0 Å². The minimum Gasteiger partial charge on any atom is -0.457 e. The Hall–Kier alpha value is -2.67. The molecule has 142 valence electrons. The van der Waals surface area contributed by atoms with Gasteiger partial charge in [0.05, 0.1) is 5.69 Å². The maximum atomic E-state index is 12.7. The van der Waals surface area contributed by atoms with Crippen LogP contribution in [0.2, 0.25) is 0 Å².